The van der Waals surface area contributed by atoms with E-state index in [-0.39, 0.29) is 11.3 Å². The maximum atomic E-state index is 10.4. The van der Waals surface area contributed by atoms with Crippen molar-refractivity contribution in [2.45, 2.75) is 30.6 Å². The monoisotopic (exact) mass is 197 g/mol. The Kier molecular flexibility index (Phi) is 2.79. The molecule has 1 aliphatic rings. The summed E-state index contributed by atoms with van der Waals surface area (Å²) in [5, 5.41) is -0.120. The molecule has 4 nitrogen and oxygen atoms in total. The normalized spacial score (nSPS) is 32.5. The van der Waals surface area contributed by atoms with Gasteiger partial charge in [0.2, 0.25) is 0 Å². The van der Waals surface area contributed by atoms with Crippen LogP contribution in [-0.4, -0.2) is 24.3 Å². The summed E-state index contributed by atoms with van der Waals surface area (Å²) in [6.45, 7) is 0. The molecule has 1 fully saturated rings. The van der Waals surface area contributed by atoms with Gasteiger partial charge in [-0.25, -0.2) is 0 Å². The molecule has 0 amide bonds. The van der Waals surface area contributed by atoms with Gasteiger partial charge in [-0.1, -0.05) is 6.42 Å². The van der Waals surface area contributed by atoms with E-state index in [9.17, 15) is 8.42 Å². The van der Waals surface area contributed by atoms with Crippen molar-refractivity contribution in [1.29, 1.82) is 0 Å². The van der Waals surface area contributed by atoms with E-state index >= 15 is 0 Å². The number of rotatable bonds is 2. The molecule has 66 valence electrons. The Labute approximate surface area is 69.7 Å². The van der Waals surface area contributed by atoms with Crippen LogP contribution in [0.2, 0.25) is 0 Å². The predicted molar refractivity (Wildman–Crippen MR) is 44.8 cm³/mol. The van der Waals surface area contributed by atoms with Crippen LogP contribution < -0.4 is 5.73 Å². The summed E-state index contributed by atoms with van der Waals surface area (Å²) in [7, 11) is -3.33. The Hall–Kier alpha value is 0.220. The van der Waals surface area contributed by atoms with Gasteiger partial charge in [-0.05, 0) is 12.8 Å². The summed E-state index contributed by atoms with van der Waals surface area (Å²) in [6, 6.07) is -0.0816. The lowest BCUT2D eigenvalue weighted by Crippen LogP contribution is -2.27. The minimum absolute atomic E-state index is 0.0816. The Morgan fingerprint density at radius 1 is 1.45 bits per heavy atom. The van der Waals surface area contributed by atoms with Crippen molar-refractivity contribution in [1.82, 2.24) is 0 Å². The predicted octanol–water partition coefficient (Wildman–Crippen LogP) is 0.402. The largest absolute Gasteiger partial charge is 0.327 e. The molecule has 1 saturated carbocycles. The van der Waals surface area contributed by atoms with Gasteiger partial charge >= 0.3 is 9.15 Å². The van der Waals surface area contributed by atoms with Gasteiger partial charge in [0.1, 0.15) is 0 Å². The van der Waals surface area contributed by atoms with Gasteiger partial charge in [-0.3, -0.25) is 4.55 Å². The second-order valence-corrected chi connectivity index (χ2v) is 6.15. The van der Waals surface area contributed by atoms with Crippen LogP contribution in [0, 0.1) is 0 Å². The molecule has 0 bridgehead atoms. The molecule has 11 heavy (non-hydrogen) atoms. The standard InChI is InChI=1S/C5H11NO3S2/c6-4-2-1-3-5(4)10-11(7,8)9/h4-5H,1-3,6H2,(H,7,8,9). The van der Waals surface area contributed by atoms with Crippen LogP contribution in [0.4, 0.5) is 0 Å². The minimum atomic E-state index is -3.90. The number of hydrogen-bond acceptors (Lipinski definition) is 4. The zero-order valence-corrected chi connectivity index (χ0v) is 7.57. The molecular weight excluding hydrogens is 186 g/mol. The van der Waals surface area contributed by atoms with E-state index in [4.69, 9.17) is 10.3 Å². The molecule has 0 aromatic heterocycles. The molecule has 0 aromatic carbocycles. The Morgan fingerprint density at radius 3 is 2.45 bits per heavy atom. The maximum absolute atomic E-state index is 10.4. The number of hydrogen-bond donors (Lipinski definition) is 2. The van der Waals surface area contributed by atoms with Gasteiger partial charge in [0.15, 0.2) is 0 Å². The first-order valence-electron chi connectivity index (χ1n) is 3.40. The van der Waals surface area contributed by atoms with E-state index < -0.39 is 9.15 Å². The van der Waals surface area contributed by atoms with Gasteiger partial charge < -0.3 is 5.73 Å². The van der Waals surface area contributed by atoms with E-state index in [1.54, 1.807) is 0 Å². The fraction of sp³-hybridized carbons (Fsp3) is 1.00. The quantitative estimate of drug-likeness (QED) is 0.495. The highest BCUT2D eigenvalue weighted by Crippen LogP contribution is 2.31. The molecule has 0 aromatic rings. The van der Waals surface area contributed by atoms with Crippen molar-refractivity contribution in [2.24, 2.45) is 5.73 Å². The lowest BCUT2D eigenvalue weighted by Gasteiger charge is -2.10. The average molecular weight is 197 g/mol. The molecule has 0 saturated heterocycles. The van der Waals surface area contributed by atoms with Gasteiger partial charge in [-0.15, -0.1) is 0 Å². The molecular formula is C5H11NO3S2. The molecule has 0 radical (unpaired) electrons. The molecule has 0 aliphatic heterocycles. The van der Waals surface area contributed by atoms with Crippen LogP contribution >= 0.6 is 10.8 Å². The van der Waals surface area contributed by atoms with Gasteiger partial charge in [0.05, 0.1) is 0 Å². The fourth-order valence-electron chi connectivity index (χ4n) is 1.23. The molecule has 0 heterocycles. The third-order valence-electron chi connectivity index (χ3n) is 1.75. The first kappa shape index (κ1) is 9.31. The summed E-state index contributed by atoms with van der Waals surface area (Å²) in [4.78, 5) is 0. The van der Waals surface area contributed by atoms with E-state index in [1.165, 1.54) is 0 Å². The highest BCUT2D eigenvalue weighted by Gasteiger charge is 2.28. The summed E-state index contributed by atoms with van der Waals surface area (Å²) >= 11 is 0. The summed E-state index contributed by atoms with van der Waals surface area (Å²) < 4.78 is 29.3. The van der Waals surface area contributed by atoms with Crippen LogP contribution in [0.25, 0.3) is 0 Å². The third-order valence-corrected chi connectivity index (χ3v) is 4.30. The van der Waals surface area contributed by atoms with Crippen molar-refractivity contribution in [3.63, 3.8) is 0 Å². The Balaban J connectivity index is 2.50. The van der Waals surface area contributed by atoms with E-state index in [0.717, 1.165) is 19.3 Å². The highest BCUT2D eigenvalue weighted by molar-refractivity contribution is 8.70. The summed E-state index contributed by atoms with van der Waals surface area (Å²) in [5.74, 6) is 0. The van der Waals surface area contributed by atoms with Crippen molar-refractivity contribution in [2.75, 3.05) is 0 Å². The molecule has 2 unspecified atom stereocenters. The van der Waals surface area contributed by atoms with Crippen molar-refractivity contribution >= 4 is 19.9 Å². The van der Waals surface area contributed by atoms with Crippen molar-refractivity contribution < 1.29 is 13.0 Å². The van der Waals surface area contributed by atoms with Crippen molar-refractivity contribution in [3.05, 3.63) is 0 Å². The molecule has 0 spiro atoms. The van der Waals surface area contributed by atoms with Crippen LogP contribution in [0.1, 0.15) is 19.3 Å². The Morgan fingerprint density at radius 2 is 2.09 bits per heavy atom. The van der Waals surface area contributed by atoms with Crippen LogP contribution in [-0.2, 0) is 9.15 Å². The third kappa shape index (κ3) is 2.98. The molecule has 1 rings (SSSR count). The summed E-state index contributed by atoms with van der Waals surface area (Å²) in [5.41, 5.74) is 5.59. The van der Waals surface area contributed by atoms with Crippen LogP contribution in [0.15, 0.2) is 0 Å². The van der Waals surface area contributed by atoms with Crippen LogP contribution in [0.5, 0.6) is 0 Å². The minimum Gasteiger partial charge on any atom is -0.327 e. The van der Waals surface area contributed by atoms with Gasteiger partial charge in [0.25, 0.3) is 0 Å². The summed E-state index contributed by atoms with van der Waals surface area (Å²) in [6.07, 6.45) is 2.59. The van der Waals surface area contributed by atoms with Crippen LogP contribution in [0.3, 0.4) is 0 Å². The van der Waals surface area contributed by atoms with E-state index in [0.29, 0.717) is 10.8 Å². The molecule has 1 aliphatic carbocycles. The molecule has 6 heteroatoms. The maximum Gasteiger partial charge on any atom is 0.320 e. The topological polar surface area (TPSA) is 80.4 Å². The first-order valence-corrected chi connectivity index (χ1v) is 6.24. The molecule has 3 N–H and O–H groups in total. The zero-order chi connectivity index (χ0) is 8.48. The first-order chi connectivity index (χ1) is 4.99. The lowest BCUT2D eigenvalue weighted by atomic mass is 10.3. The second-order valence-electron chi connectivity index (χ2n) is 2.66. The van der Waals surface area contributed by atoms with Gasteiger partial charge in [0, 0.05) is 22.1 Å². The Bertz CT molecular complexity index is 226. The SMILES string of the molecule is NC1CCCC1SS(=O)(=O)O. The second kappa shape index (κ2) is 3.30. The van der Waals surface area contributed by atoms with E-state index in [1.807, 2.05) is 0 Å². The van der Waals surface area contributed by atoms with Gasteiger partial charge in [-0.2, -0.15) is 8.42 Å². The smallest absolute Gasteiger partial charge is 0.320 e. The van der Waals surface area contributed by atoms with E-state index in [2.05, 4.69) is 0 Å². The molecule has 2 atom stereocenters. The average Bonchev–Trinajstić information content (AvgIpc) is 2.12. The fourth-order valence-corrected chi connectivity index (χ4v) is 3.74. The number of nitrogens with two attached hydrogens (primary N) is 1. The van der Waals surface area contributed by atoms with Crippen molar-refractivity contribution in [3.8, 4) is 0 Å². The highest BCUT2D eigenvalue weighted by atomic mass is 33.1. The zero-order valence-electron chi connectivity index (χ0n) is 5.93. The lowest BCUT2D eigenvalue weighted by molar-refractivity contribution is 0.502.